The van der Waals surface area contributed by atoms with Crippen LogP contribution in [0.1, 0.15) is 75.3 Å². The molecule has 2 unspecified atom stereocenters. The lowest BCUT2D eigenvalue weighted by molar-refractivity contribution is -0.147. The Kier molecular flexibility index (Phi) is 12.6. The molecule has 11 heteroatoms. The summed E-state index contributed by atoms with van der Waals surface area (Å²) >= 11 is 0. The summed E-state index contributed by atoms with van der Waals surface area (Å²) in [5, 5.41) is 12.8. The lowest BCUT2D eigenvalue weighted by Crippen LogP contribution is -2.40. The number of aromatic hydroxyl groups is 1. The monoisotopic (exact) mass is 578 g/mol. The van der Waals surface area contributed by atoms with E-state index >= 15 is 0 Å². The summed E-state index contributed by atoms with van der Waals surface area (Å²) in [5.41, 5.74) is 7.50. The highest BCUT2D eigenvalue weighted by Crippen LogP contribution is 2.42. The number of phenols is 1. The van der Waals surface area contributed by atoms with E-state index in [1.807, 2.05) is 52.0 Å². The minimum absolute atomic E-state index is 0.165. The van der Waals surface area contributed by atoms with Crippen LogP contribution < -0.4 is 15.3 Å². The second kappa shape index (κ2) is 15.2. The van der Waals surface area contributed by atoms with Gasteiger partial charge in [-0.3, -0.25) is 14.2 Å². The second-order valence-corrected chi connectivity index (χ2v) is 12.0. The number of aryl methyl sites for hydroxylation is 2. The van der Waals surface area contributed by atoms with Crippen LogP contribution in [0.15, 0.2) is 30.3 Å². The Bertz CT molecular complexity index is 1190. The highest BCUT2D eigenvalue weighted by molar-refractivity contribution is 7.56. The smallest absolute Gasteiger partial charge is 0.325 e. The molecule has 0 heterocycles. The SMILES string of the molecule is CCOC(=O)C(C)NO[P@@](=O)(COc1cc(C)c(Cc2ccc(O)c(C(C)C)c2)c(C)c1)NC(C)C(=O)OCC. The van der Waals surface area contributed by atoms with E-state index in [-0.39, 0.29) is 19.1 Å². The third kappa shape index (κ3) is 9.63. The fourth-order valence-corrected chi connectivity index (χ4v) is 5.56. The second-order valence-electron chi connectivity index (χ2n) is 9.99. The Morgan fingerprint density at radius 3 is 2.05 bits per heavy atom. The molecule has 2 rings (SSSR count). The van der Waals surface area contributed by atoms with Crippen molar-refractivity contribution in [3.8, 4) is 11.5 Å². The number of hydrogen-bond acceptors (Lipinski definition) is 9. The van der Waals surface area contributed by atoms with Crippen LogP contribution in [0.2, 0.25) is 0 Å². The van der Waals surface area contributed by atoms with Crippen molar-refractivity contribution in [2.24, 2.45) is 0 Å². The van der Waals surface area contributed by atoms with Gasteiger partial charge in [0.05, 0.1) is 13.2 Å². The van der Waals surface area contributed by atoms with Crippen LogP contribution in [0, 0.1) is 13.8 Å². The molecule has 3 atom stereocenters. The van der Waals surface area contributed by atoms with E-state index < -0.39 is 37.9 Å². The van der Waals surface area contributed by atoms with Crippen LogP contribution in [-0.2, 0) is 34.7 Å². The summed E-state index contributed by atoms with van der Waals surface area (Å²) in [6.07, 6.45) is 0.251. The van der Waals surface area contributed by atoms with E-state index in [0.717, 1.165) is 27.8 Å². The Morgan fingerprint density at radius 1 is 0.925 bits per heavy atom. The van der Waals surface area contributed by atoms with Gasteiger partial charge in [-0.05, 0) is 99.9 Å². The average molecular weight is 579 g/mol. The van der Waals surface area contributed by atoms with Gasteiger partial charge in [0.2, 0.25) is 0 Å². The van der Waals surface area contributed by atoms with Crippen LogP contribution >= 0.6 is 7.52 Å². The van der Waals surface area contributed by atoms with Gasteiger partial charge in [-0.1, -0.05) is 26.0 Å². The first kappa shape index (κ1) is 33.3. The first-order valence-corrected chi connectivity index (χ1v) is 15.3. The van der Waals surface area contributed by atoms with Crippen LogP contribution in [0.4, 0.5) is 0 Å². The normalized spacial score (nSPS) is 14.3. The number of hydroxylamine groups is 1. The quantitative estimate of drug-likeness (QED) is 0.146. The number of esters is 2. The highest BCUT2D eigenvalue weighted by Gasteiger charge is 2.32. The van der Waals surface area contributed by atoms with Crippen LogP contribution in [0.5, 0.6) is 11.5 Å². The van der Waals surface area contributed by atoms with Gasteiger partial charge in [0.15, 0.2) is 6.35 Å². The molecule has 0 fully saturated rings. The zero-order valence-electron chi connectivity index (χ0n) is 24.7. The molecule has 0 radical (unpaired) electrons. The summed E-state index contributed by atoms with van der Waals surface area (Å²) in [6.45, 7) is 14.7. The largest absolute Gasteiger partial charge is 0.508 e. The van der Waals surface area contributed by atoms with Crippen molar-refractivity contribution in [1.29, 1.82) is 0 Å². The number of phenolic OH excluding ortho intramolecular Hbond substituents is 1. The molecule has 2 aromatic rings. The molecule has 222 valence electrons. The summed E-state index contributed by atoms with van der Waals surface area (Å²) in [4.78, 5) is 24.1. The summed E-state index contributed by atoms with van der Waals surface area (Å²) in [7, 11) is -3.86. The first-order valence-electron chi connectivity index (χ1n) is 13.5. The third-order valence-electron chi connectivity index (χ3n) is 6.21. The van der Waals surface area contributed by atoms with Gasteiger partial charge in [-0.25, -0.2) is 9.71 Å². The van der Waals surface area contributed by atoms with Crippen LogP contribution in [0.25, 0.3) is 0 Å². The summed E-state index contributed by atoms with van der Waals surface area (Å²) in [5.74, 6) is -0.217. The van der Waals surface area contributed by atoms with Crippen molar-refractivity contribution in [1.82, 2.24) is 10.6 Å². The summed E-state index contributed by atoms with van der Waals surface area (Å²) in [6, 6.07) is 7.50. The number of carbonyl (C=O) groups excluding carboxylic acids is 2. The topological polar surface area (TPSA) is 132 Å². The molecule has 2 aromatic carbocycles. The van der Waals surface area contributed by atoms with E-state index in [9.17, 15) is 19.3 Å². The van der Waals surface area contributed by atoms with E-state index in [4.69, 9.17) is 18.8 Å². The number of carbonyl (C=O) groups is 2. The number of rotatable bonds is 15. The maximum Gasteiger partial charge on any atom is 0.325 e. The molecule has 0 saturated carbocycles. The minimum atomic E-state index is -3.86. The van der Waals surface area contributed by atoms with Crippen LogP contribution in [-0.4, -0.2) is 48.7 Å². The lowest BCUT2D eigenvalue weighted by atomic mass is 9.93. The molecule has 0 aliphatic rings. The molecule has 10 nitrogen and oxygen atoms in total. The molecule has 0 amide bonds. The maximum absolute atomic E-state index is 13.7. The van der Waals surface area contributed by atoms with Gasteiger partial charge in [0.25, 0.3) is 0 Å². The van der Waals surface area contributed by atoms with Crippen molar-refractivity contribution < 1.29 is 38.1 Å². The summed E-state index contributed by atoms with van der Waals surface area (Å²) < 4.78 is 34.9. The average Bonchev–Trinajstić information content (AvgIpc) is 2.89. The minimum Gasteiger partial charge on any atom is -0.508 e. The van der Waals surface area contributed by atoms with E-state index in [0.29, 0.717) is 17.9 Å². The molecule has 40 heavy (non-hydrogen) atoms. The zero-order valence-corrected chi connectivity index (χ0v) is 25.6. The Balaban J connectivity index is 2.21. The molecular formula is C29H43N2O8P. The number of hydrogen-bond donors (Lipinski definition) is 3. The highest BCUT2D eigenvalue weighted by atomic mass is 31.2. The number of ether oxygens (including phenoxy) is 3. The van der Waals surface area contributed by atoms with Crippen molar-refractivity contribution in [2.75, 3.05) is 19.6 Å². The Morgan fingerprint density at radius 2 is 1.50 bits per heavy atom. The van der Waals surface area contributed by atoms with E-state index in [2.05, 4.69) is 10.6 Å². The Hall–Kier alpha value is -2.91. The fourth-order valence-electron chi connectivity index (χ4n) is 4.04. The van der Waals surface area contributed by atoms with Gasteiger partial charge in [0, 0.05) is 0 Å². The molecule has 0 bridgehead atoms. The maximum atomic E-state index is 13.7. The molecular weight excluding hydrogens is 535 g/mol. The number of nitrogens with one attached hydrogen (secondary N) is 2. The van der Waals surface area contributed by atoms with Gasteiger partial charge >= 0.3 is 19.5 Å². The van der Waals surface area contributed by atoms with Crippen molar-refractivity contribution in [2.45, 2.75) is 79.8 Å². The first-order chi connectivity index (χ1) is 18.8. The predicted molar refractivity (Wildman–Crippen MR) is 154 cm³/mol. The van der Waals surface area contributed by atoms with Gasteiger partial charge in [0.1, 0.15) is 23.6 Å². The van der Waals surface area contributed by atoms with E-state index in [1.165, 1.54) is 13.8 Å². The van der Waals surface area contributed by atoms with Crippen molar-refractivity contribution >= 4 is 19.5 Å². The van der Waals surface area contributed by atoms with Gasteiger partial charge < -0.3 is 19.3 Å². The molecule has 0 aliphatic carbocycles. The van der Waals surface area contributed by atoms with E-state index in [1.54, 1.807) is 19.9 Å². The Labute approximate surface area is 237 Å². The molecule has 0 aromatic heterocycles. The van der Waals surface area contributed by atoms with Gasteiger partial charge in [-0.15, -0.1) is 0 Å². The predicted octanol–water partition coefficient (Wildman–Crippen LogP) is 5.27. The third-order valence-corrected chi connectivity index (χ3v) is 7.86. The van der Waals surface area contributed by atoms with Crippen molar-refractivity contribution in [3.63, 3.8) is 0 Å². The molecule has 0 aliphatic heterocycles. The van der Waals surface area contributed by atoms with Gasteiger partial charge in [-0.2, -0.15) is 5.48 Å². The van der Waals surface area contributed by atoms with Crippen LogP contribution in [0.3, 0.4) is 0 Å². The van der Waals surface area contributed by atoms with Crippen molar-refractivity contribution in [3.05, 3.63) is 58.1 Å². The zero-order chi connectivity index (χ0) is 30.0. The molecule has 0 saturated heterocycles. The molecule has 0 spiro atoms. The number of benzene rings is 2. The fraction of sp³-hybridized carbons (Fsp3) is 0.517. The molecule has 3 N–H and O–H groups in total. The lowest BCUT2D eigenvalue weighted by Gasteiger charge is -2.24. The standard InChI is InChI=1S/C29H43N2O8P/c1-9-36-28(33)21(7)30-39-40(35,31-22(8)29(34)37-10-2)17-38-24-13-19(5)26(20(6)14-24)16-23-11-12-27(32)25(15-23)18(3)4/h11-15,18,21-22,30,32H,9-10,16-17H2,1-8H3,(H,31,35)/t21?,22?,40-/m0/s1.